The zero-order valence-electron chi connectivity index (χ0n) is 10.1. The van der Waals surface area contributed by atoms with E-state index in [2.05, 4.69) is 17.2 Å². The molecule has 1 aliphatic carbocycles. The van der Waals surface area contributed by atoms with E-state index in [1.807, 2.05) is 12.1 Å². The molecule has 1 fully saturated rings. The molecule has 2 rings (SSSR count). The number of pyridine rings is 1. The Morgan fingerprint density at radius 1 is 1.41 bits per heavy atom. The molecule has 17 heavy (non-hydrogen) atoms. The van der Waals surface area contributed by atoms with E-state index in [1.165, 1.54) is 0 Å². The van der Waals surface area contributed by atoms with Gasteiger partial charge in [0, 0.05) is 23.8 Å². The van der Waals surface area contributed by atoms with Crippen LogP contribution < -0.4 is 5.32 Å². The summed E-state index contributed by atoms with van der Waals surface area (Å²) in [5, 5.41) is 13.6. The highest BCUT2D eigenvalue weighted by Crippen LogP contribution is 2.24. The quantitative estimate of drug-likeness (QED) is 0.816. The highest BCUT2D eigenvalue weighted by atomic mass is 35.5. The maximum Gasteiger partial charge on any atom is 0.133 e. The summed E-state index contributed by atoms with van der Waals surface area (Å²) in [6.07, 6.45) is 5.45. The lowest BCUT2D eigenvalue weighted by atomic mass is 9.92. The lowest BCUT2D eigenvalue weighted by Gasteiger charge is -2.29. The first-order chi connectivity index (χ1) is 8.16. The number of hydrogen-bond donors (Lipinski definition) is 2. The molecule has 1 aromatic heterocycles. The molecule has 0 radical (unpaired) electrons. The molecule has 0 saturated heterocycles. The van der Waals surface area contributed by atoms with Gasteiger partial charge in [-0.25, -0.2) is 4.98 Å². The van der Waals surface area contributed by atoms with Crippen molar-refractivity contribution < 1.29 is 5.11 Å². The summed E-state index contributed by atoms with van der Waals surface area (Å²) in [7, 11) is 0. The summed E-state index contributed by atoms with van der Waals surface area (Å²) < 4.78 is 0. The van der Waals surface area contributed by atoms with Crippen LogP contribution in [0.2, 0.25) is 5.15 Å². The molecule has 1 atom stereocenters. The number of aliphatic hydroxyl groups excluding tert-OH is 1. The minimum Gasteiger partial charge on any atom is -0.393 e. The van der Waals surface area contributed by atoms with E-state index >= 15 is 0 Å². The Kier molecular flexibility index (Phi) is 4.37. The van der Waals surface area contributed by atoms with Crippen LogP contribution in [-0.2, 0) is 0 Å². The van der Waals surface area contributed by atoms with Crippen LogP contribution in [0.5, 0.6) is 0 Å². The fourth-order valence-corrected chi connectivity index (χ4v) is 2.69. The molecule has 2 N–H and O–H groups in total. The van der Waals surface area contributed by atoms with Crippen molar-refractivity contribution in [1.82, 2.24) is 10.3 Å². The van der Waals surface area contributed by atoms with Crippen LogP contribution >= 0.6 is 11.6 Å². The van der Waals surface area contributed by atoms with Gasteiger partial charge in [0.1, 0.15) is 5.15 Å². The van der Waals surface area contributed by atoms with Crippen molar-refractivity contribution in [3.8, 4) is 0 Å². The third-order valence-electron chi connectivity index (χ3n) is 3.44. The molecule has 1 saturated carbocycles. The molecule has 1 heterocycles. The predicted octanol–water partition coefficient (Wildman–Crippen LogP) is 2.69. The molecule has 1 unspecified atom stereocenters. The number of aromatic nitrogens is 1. The second-order valence-electron chi connectivity index (χ2n) is 4.78. The molecule has 1 aromatic rings. The number of nitrogens with zero attached hydrogens (tertiary/aromatic N) is 1. The number of rotatable bonds is 3. The molecule has 94 valence electrons. The van der Waals surface area contributed by atoms with E-state index in [4.69, 9.17) is 11.6 Å². The highest BCUT2D eigenvalue weighted by Gasteiger charge is 2.21. The van der Waals surface area contributed by atoms with Crippen LogP contribution in [0.4, 0.5) is 0 Å². The summed E-state index contributed by atoms with van der Waals surface area (Å²) in [4.78, 5) is 4.09. The van der Waals surface area contributed by atoms with Crippen LogP contribution in [0.25, 0.3) is 0 Å². The van der Waals surface area contributed by atoms with Crippen molar-refractivity contribution >= 4 is 11.6 Å². The topological polar surface area (TPSA) is 45.1 Å². The van der Waals surface area contributed by atoms with Crippen molar-refractivity contribution in [2.24, 2.45) is 0 Å². The van der Waals surface area contributed by atoms with Gasteiger partial charge in [0.2, 0.25) is 0 Å². The van der Waals surface area contributed by atoms with Crippen molar-refractivity contribution in [2.75, 3.05) is 0 Å². The van der Waals surface area contributed by atoms with Crippen molar-refractivity contribution in [1.29, 1.82) is 0 Å². The van der Waals surface area contributed by atoms with Gasteiger partial charge < -0.3 is 10.4 Å². The van der Waals surface area contributed by atoms with E-state index < -0.39 is 0 Å². The van der Waals surface area contributed by atoms with Crippen molar-refractivity contribution in [2.45, 2.75) is 50.8 Å². The van der Waals surface area contributed by atoms with Gasteiger partial charge in [-0.15, -0.1) is 0 Å². The highest BCUT2D eigenvalue weighted by molar-refractivity contribution is 6.30. The summed E-state index contributed by atoms with van der Waals surface area (Å²) in [5.74, 6) is 0. The molecule has 0 aliphatic heterocycles. The molecule has 4 heteroatoms. The maximum atomic E-state index is 9.46. The van der Waals surface area contributed by atoms with Crippen molar-refractivity contribution in [3.05, 3.63) is 29.0 Å². The van der Waals surface area contributed by atoms with Gasteiger partial charge in [-0.2, -0.15) is 0 Å². The van der Waals surface area contributed by atoms with E-state index in [1.54, 1.807) is 6.20 Å². The standard InChI is InChI=1S/C13H19ClN2O/c1-9(12-3-2-8-15-13(12)14)16-10-4-6-11(17)7-5-10/h2-3,8-11,16-17H,4-7H2,1H3. The van der Waals surface area contributed by atoms with Gasteiger partial charge >= 0.3 is 0 Å². The molecule has 0 aromatic carbocycles. The number of aliphatic hydroxyl groups is 1. The third kappa shape index (κ3) is 3.41. The van der Waals surface area contributed by atoms with Crippen molar-refractivity contribution in [3.63, 3.8) is 0 Å². The Balaban J connectivity index is 1.93. The second kappa shape index (κ2) is 5.80. The number of nitrogens with one attached hydrogen (secondary N) is 1. The lowest BCUT2D eigenvalue weighted by Crippen LogP contribution is -2.36. The minimum atomic E-state index is -0.106. The molecular weight excluding hydrogens is 236 g/mol. The van der Waals surface area contributed by atoms with Crippen LogP contribution in [0.1, 0.15) is 44.2 Å². The summed E-state index contributed by atoms with van der Waals surface area (Å²) in [5.41, 5.74) is 1.04. The van der Waals surface area contributed by atoms with Crippen LogP contribution in [0, 0.1) is 0 Å². The zero-order chi connectivity index (χ0) is 12.3. The second-order valence-corrected chi connectivity index (χ2v) is 5.14. The average Bonchev–Trinajstić information content (AvgIpc) is 2.32. The van der Waals surface area contributed by atoms with E-state index in [9.17, 15) is 5.11 Å². The molecular formula is C13H19ClN2O. The smallest absolute Gasteiger partial charge is 0.133 e. The zero-order valence-corrected chi connectivity index (χ0v) is 10.8. The summed E-state index contributed by atoms with van der Waals surface area (Å²) in [6.45, 7) is 2.11. The fraction of sp³-hybridized carbons (Fsp3) is 0.615. The largest absolute Gasteiger partial charge is 0.393 e. The first-order valence-electron chi connectivity index (χ1n) is 6.21. The Hall–Kier alpha value is -0.640. The maximum absolute atomic E-state index is 9.46. The van der Waals surface area contributed by atoms with Crippen LogP contribution in [-0.4, -0.2) is 22.2 Å². The van der Waals surface area contributed by atoms with Gasteiger partial charge in [0.15, 0.2) is 0 Å². The SMILES string of the molecule is CC(NC1CCC(O)CC1)c1cccnc1Cl. The minimum absolute atomic E-state index is 0.106. The van der Waals surface area contributed by atoms with Gasteiger partial charge in [-0.1, -0.05) is 17.7 Å². The Morgan fingerprint density at radius 2 is 2.12 bits per heavy atom. The molecule has 0 spiro atoms. The molecule has 0 amide bonds. The van der Waals surface area contributed by atoms with Crippen LogP contribution in [0.15, 0.2) is 18.3 Å². The Bertz CT molecular complexity index is 364. The predicted molar refractivity (Wildman–Crippen MR) is 69.1 cm³/mol. The van der Waals surface area contributed by atoms with Gasteiger partial charge in [-0.05, 0) is 38.7 Å². The van der Waals surface area contributed by atoms with Gasteiger partial charge in [0.05, 0.1) is 6.10 Å². The first kappa shape index (κ1) is 12.8. The number of hydrogen-bond acceptors (Lipinski definition) is 3. The average molecular weight is 255 g/mol. The third-order valence-corrected chi connectivity index (χ3v) is 3.75. The van der Waals surface area contributed by atoms with Gasteiger partial charge in [-0.3, -0.25) is 0 Å². The fourth-order valence-electron chi connectivity index (χ4n) is 2.41. The van der Waals surface area contributed by atoms with Gasteiger partial charge in [0.25, 0.3) is 0 Å². The molecule has 1 aliphatic rings. The Labute approximate surface area is 107 Å². The molecule has 0 bridgehead atoms. The Morgan fingerprint density at radius 3 is 2.76 bits per heavy atom. The number of halogens is 1. The summed E-state index contributed by atoms with van der Waals surface area (Å²) >= 11 is 6.07. The summed E-state index contributed by atoms with van der Waals surface area (Å²) in [6, 6.07) is 4.59. The van der Waals surface area contributed by atoms with Crippen LogP contribution in [0.3, 0.4) is 0 Å². The van der Waals surface area contributed by atoms with E-state index in [-0.39, 0.29) is 12.1 Å². The normalized spacial score (nSPS) is 26.8. The monoisotopic (exact) mass is 254 g/mol. The van der Waals surface area contributed by atoms with E-state index in [0.717, 1.165) is 31.2 Å². The van der Waals surface area contributed by atoms with E-state index in [0.29, 0.717) is 11.2 Å². The lowest BCUT2D eigenvalue weighted by molar-refractivity contribution is 0.114. The molecule has 3 nitrogen and oxygen atoms in total. The first-order valence-corrected chi connectivity index (χ1v) is 6.59.